The number of carboxylic acids is 1. The monoisotopic (exact) mass is 277 g/mol. The molecule has 0 radical (unpaired) electrons. The van der Waals surface area contributed by atoms with Crippen LogP contribution in [0.5, 0.6) is 0 Å². The summed E-state index contributed by atoms with van der Waals surface area (Å²) in [5.74, 6) is -1.19. The Labute approximate surface area is 93.0 Å². The highest BCUT2D eigenvalue weighted by Gasteiger charge is 2.16. The number of nitrogens with one attached hydrogen (secondary N) is 1. The van der Waals surface area contributed by atoms with Gasteiger partial charge in [-0.3, -0.25) is 4.79 Å². The molecule has 0 atom stereocenters. The lowest BCUT2D eigenvalue weighted by Crippen LogP contribution is -2.05. The lowest BCUT2D eigenvalue weighted by molar-refractivity contribution is -0.105. The highest BCUT2D eigenvalue weighted by atomic mass is 79.9. The number of hydrogen-bond acceptors (Lipinski definition) is 2. The molecule has 0 aromatic heterocycles. The average Bonchev–Trinajstić information content (AvgIpc) is 2.11. The predicted molar refractivity (Wildman–Crippen MR) is 55.8 cm³/mol. The van der Waals surface area contributed by atoms with Gasteiger partial charge in [0.05, 0.1) is 10.7 Å². The third-order valence-corrected chi connectivity index (χ3v) is 2.80. The fourth-order valence-corrected chi connectivity index (χ4v) is 1.52. The third kappa shape index (κ3) is 2.05. The van der Waals surface area contributed by atoms with Crippen LogP contribution in [0.1, 0.15) is 10.4 Å². The van der Waals surface area contributed by atoms with Gasteiger partial charge in [0.2, 0.25) is 6.41 Å². The largest absolute Gasteiger partial charge is 0.478 e. The molecule has 0 aliphatic carbocycles. The molecule has 0 bridgehead atoms. The van der Waals surface area contributed by atoms with Crippen LogP contribution in [0.25, 0.3) is 0 Å². The summed E-state index contributed by atoms with van der Waals surface area (Å²) >= 11 is 8.83. The van der Waals surface area contributed by atoms with Crippen LogP contribution >= 0.6 is 27.5 Å². The molecule has 0 aliphatic rings. The molecule has 0 saturated heterocycles. The maximum absolute atomic E-state index is 10.8. The lowest BCUT2D eigenvalue weighted by Gasteiger charge is -2.07. The molecule has 1 amide bonds. The van der Waals surface area contributed by atoms with E-state index >= 15 is 0 Å². The number of benzene rings is 1. The number of amides is 1. The summed E-state index contributed by atoms with van der Waals surface area (Å²) in [4.78, 5) is 21.0. The summed E-state index contributed by atoms with van der Waals surface area (Å²) in [6.45, 7) is 0. The van der Waals surface area contributed by atoms with E-state index < -0.39 is 5.97 Å². The van der Waals surface area contributed by atoms with Gasteiger partial charge < -0.3 is 10.4 Å². The van der Waals surface area contributed by atoms with Gasteiger partial charge in [0, 0.05) is 4.47 Å². The highest BCUT2D eigenvalue weighted by Crippen LogP contribution is 2.31. The van der Waals surface area contributed by atoms with Crippen molar-refractivity contribution in [2.24, 2.45) is 0 Å². The van der Waals surface area contributed by atoms with Crippen LogP contribution in [-0.2, 0) is 4.79 Å². The first-order valence-electron chi connectivity index (χ1n) is 3.49. The lowest BCUT2D eigenvalue weighted by atomic mass is 10.2. The van der Waals surface area contributed by atoms with Gasteiger partial charge in [-0.1, -0.05) is 11.6 Å². The van der Waals surface area contributed by atoms with E-state index in [-0.39, 0.29) is 16.3 Å². The number of aromatic carboxylic acids is 1. The number of anilines is 1. The van der Waals surface area contributed by atoms with Crippen LogP contribution in [0.4, 0.5) is 5.69 Å². The topological polar surface area (TPSA) is 66.4 Å². The van der Waals surface area contributed by atoms with Crippen LogP contribution in [-0.4, -0.2) is 17.5 Å². The van der Waals surface area contributed by atoms with Gasteiger partial charge in [-0.2, -0.15) is 0 Å². The van der Waals surface area contributed by atoms with Crippen molar-refractivity contribution in [1.29, 1.82) is 0 Å². The maximum atomic E-state index is 10.8. The fourth-order valence-electron chi connectivity index (χ4n) is 0.943. The van der Waals surface area contributed by atoms with E-state index in [0.29, 0.717) is 10.9 Å². The second kappa shape index (κ2) is 4.43. The number of rotatable bonds is 3. The zero-order valence-electron chi connectivity index (χ0n) is 6.75. The van der Waals surface area contributed by atoms with E-state index in [9.17, 15) is 9.59 Å². The van der Waals surface area contributed by atoms with E-state index in [1.165, 1.54) is 6.07 Å². The summed E-state index contributed by atoms with van der Waals surface area (Å²) in [6.07, 6.45) is 0.395. The number of carboxylic acid groups (broad SMARTS) is 1. The Hall–Kier alpha value is -1.07. The molecule has 0 heterocycles. The van der Waals surface area contributed by atoms with Crippen LogP contribution in [0.3, 0.4) is 0 Å². The van der Waals surface area contributed by atoms with E-state index in [1.54, 1.807) is 6.07 Å². The van der Waals surface area contributed by atoms with Crippen LogP contribution < -0.4 is 5.32 Å². The minimum absolute atomic E-state index is 0.0596. The van der Waals surface area contributed by atoms with Gasteiger partial charge >= 0.3 is 5.97 Å². The van der Waals surface area contributed by atoms with Gasteiger partial charge in [-0.15, -0.1) is 0 Å². The molecule has 0 saturated carbocycles. The molecule has 74 valence electrons. The van der Waals surface area contributed by atoms with Crippen molar-refractivity contribution in [3.63, 3.8) is 0 Å². The Kier molecular flexibility index (Phi) is 3.49. The SMILES string of the molecule is O=CNc1ccc(Br)c(Cl)c1C(=O)O. The van der Waals surface area contributed by atoms with Crippen molar-refractivity contribution in [3.8, 4) is 0 Å². The molecule has 0 spiro atoms. The standard InChI is InChI=1S/C8H5BrClNO3/c9-4-1-2-5(11-3-12)6(7(4)10)8(13)14/h1-3H,(H,11,12)(H,13,14). The summed E-state index contributed by atoms with van der Waals surface area (Å²) in [7, 11) is 0. The van der Waals surface area contributed by atoms with Crippen molar-refractivity contribution in [3.05, 3.63) is 27.2 Å². The second-order valence-electron chi connectivity index (χ2n) is 2.35. The number of carbonyl (C=O) groups excluding carboxylic acids is 1. The Bertz CT molecular complexity index is 394. The molecule has 4 nitrogen and oxygen atoms in total. The molecule has 0 aliphatic heterocycles. The van der Waals surface area contributed by atoms with Crippen LogP contribution in [0.2, 0.25) is 5.02 Å². The first kappa shape index (κ1) is 11.0. The molecule has 0 fully saturated rings. The smallest absolute Gasteiger partial charge is 0.339 e. The number of halogens is 2. The van der Waals surface area contributed by atoms with E-state index in [1.807, 2.05) is 0 Å². The molecule has 14 heavy (non-hydrogen) atoms. The van der Waals surface area contributed by atoms with Gasteiger partial charge in [-0.25, -0.2) is 4.79 Å². The number of carbonyl (C=O) groups is 2. The molecular formula is C8H5BrClNO3. The Balaban J connectivity index is 3.37. The fraction of sp³-hybridized carbons (Fsp3) is 0. The van der Waals surface area contributed by atoms with Crippen molar-refractivity contribution in [1.82, 2.24) is 0 Å². The van der Waals surface area contributed by atoms with Gasteiger partial charge in [-0.05, 0) is 28.1 Å². The molecule has 1 aromatic rings. The minimum atomic E-state index is -1.19. The normalized spacial score (nSPS) is 9.57. The number of hydrogen-bond donors (Lipinski definition) is 2. The summed E-state index contributed by atoms with van der Waals surface area (Å²) in [6, 6.07) is 3.01. The first-order chi connectivity index (χ1) is 6.57. The van der Waals surface area contributed by atoms with Gasteiger partial charge in [0.1, 0.15) is 5.56 Å². The quantitative estimate of drug-likeness (QED) is 0.834. The molecule has 6 heteroatoms. The highest BCUT2D eigenvalue weighted by molar-refractivity contribution is 9.10. The van der Waals surface area contributed by atoms with Crippen LogP contribution in [0, 0.1) is 0 Å². The van der Waals surface area contributed by atoms with E-state index in [0.717, 1.165) is 0 Å². The zero-order valence-corrected chi connectivity index (χ0v) is 9.09. The third-order valence-electron chi connectivity index (χ3n) is 1.52. The Morgan fingerprint density at radius 2 is 2.21 bits per heavy atom. The van der Waals surface area contributed by atoms with Crippen molar-refractivity contribution in [2.75, 3.05) is 5.32 Å². The second-order valence-corrected chi connectivity index (χ2v) is 3.58. The molecular weight excluding hydrogens is 273 g/mol. The molecule has 0 unspecified atom stereocenters. The summed E-state index contributed by atoms with van der Waals surface area (Å²) in [5.41, 5.74) is 0.0360. The van der Waals surface area contributed by atoms with Crippen molar-refractivity contribution < 1.29 is 14.7 Å². The van der Waals surface area contributed by atoms with E-state index in [2.05, 4.69) is 21.2 Å². The molecule has 2 N–H and O–H groups in total. The zero-order chi connectivity index (χ0) is 10.7. The van der Waals surface area contributed by atoms with Crippen molar-refractivity contribution in [2.45, 2.75) is 0 Å². The molecule has 1 aromatic carbocycles. The predicted octanol–water partition coefficient (Wildman–Crippen LogP) is 2.37. The minimum Gasteiger partial charge on any atom is -0.478 e. The first-order valence-corrected chi connectivity index (χ1v) is 4.66. The Morgan fingerprint density at radius 3 is 2.71 bits per heavy atom. The van der Waals surface area contributed by atoms with Gasteiger partial charge in [0.15, 0.2) is 0 Å². The summed E-state index contributed by atoms with van der Waals surface area (Å²) < 4.78 is 0.466. The van der Waals surface area contributed by atoms with Crippen molar-refractivity contribution >= 4 is 45.6 Å². The maximum Gasteiger partial charge on any atom is 0.339 e. The van der Waals surface area contributed by atoms with Crippen LogP contribution in [0.15, 0.2) is 16.6 Å². The summed E-state index contributed by atoms with van der Waals surface area (Å²) in [5, 5.41) is 11.2. The Morgan fingerprint density at radius 1 is 1.57 bits per heavy atom. The van der Waals surface area contributed by atoms with E-state index in [4.69, 9.17) is 16.7 Å². The molecule has 1 rings (SSSR count). The van der Waals surface area contributed by atoms with Gasteiger partial charge in [0.25, 0.3) is 0 Å². The average molecular weight is 278 g/mol.